The van der Waals surface area contributed by atoms with Crippen LogP contribution in [0.4, 0.5) is 0 Å². The Morgan fingerprint density at radius 2 is 1.22 bits per heavy atom. The molecule has 0 fully saturated rings. The van der Waals surface area contributed by atoms with Crippen molar-refractivity contribution in [3.8, 4) is 33.9 Å². The normalized spacial score (nSPS) is 11.3. The first kappa shape index (κ1) is 18.7. The van der Waals surface area contributed by atoms with E-state index in [1.807, 2.05) is 54.6 Å². The highest BCUT2D eigenvalue weighted by molar-refractivity contribution is 6.28. The highest BCUT2D eigenvalue weighted by atomic mass is 35.5. The van der Waals surface area contributed by atoms with Crippen LogP contribution in [0.1, 0.15) is 0 Å². The minimum atomic E-state index is 0.170. The fourth-order valence-corrected chi connectivity index (χ4v) is 4.27. The third-order valence-electron chi connectivity index (χ3n) is 5.60. The number of H-pyrrole nitrogens is 1. The van der Waals surface area contributed by atoms with Gasteiger partial charge in [0.15, 0.2) is 11.6 Å². The number of hydrogen-bond acceptors (Lipinski definition) is 3. The van der Waals surface area contributed by atoms with Gasteiger partial charge >= 0.3 is 0 Å². The minimum Gasteiger partial charge on any atom is -0.354 e. The number of nitrogens with one attached hydrogen (secondary N) is 1. The van der Waals surface area contributed by atoms with Crippen molar-refractivity contribution in [1.82, 2.24) is 19.9 Å². The van der Waals surface area contributed by atoms with Crippen LogP contribution in [0.3, 0.4) is 0 Å². The zero-order valence-electron chi connectivity index (χ0n) is 17.0. The van der Waals surface area contributed by atoms with Gasteiger partial charge in [-0.05, 0) is 40.9 Å². The van der Waals surface area contributed by atoms with Crippen molar-refractivity contribution in [3.63, 3.8) is 0 Å². The Kier molecular flexibility index (Phi) is 4.44. The Hall–Kier alpha value is -4.02. The maximum absolute atomic E-state index is 6.36. The predicted octanol–water partition coefficient (Wildman–Crippen LogP) is 7.16. The van der Waals surface area contributed by atoms with E-state index in [1.165, 1.54) is 0 Å². The number of rotatable bonds is 3. The zero-order chi connectivity index (χ0) is 21.5. The van der Waals surface area contributed by atoms with Crippen LogP contribution in [0.2, 0.25) is 5.28 Å². The summed E-state index contributed by atoms with van der Waals surface area (Å²) >= 11 is 6.36. The molecule has 0 amide bonds. The van der Waals surface area contributed by atoms with Crippen LogP contribution < -0.4 is 0 Å². The van der Waals surface area contributed by atoms with E-state index in [4.69, 9.17) is 16.6 Å². The molecule has 2 heterocycles. The zero-order valence-corrected chi connectivity index (χ0v) is 17.7. The summed E-state index contributed by atoms with van der Waals surface area (Å²) in [4.78, 5) is 17.2. The number of halogens is 1. The van der Waals surface area contributed by atoms with Gasteiger partial charge in [0, 0.05) is 27.4 Å². The second-order valence-electron chi connectivity index (χ2n) is 7.60. The highest BCUT2D eigenvalue weighted by Gasteiger charge is 2.17. The molecule has 1 N–H and O–H groups in total. The molecule has 0 spiro atoms. The van der Waals surface area contributed by atoms with Gasteiger partial charge in [-0.2, -0.15) is 9.97 Å². The molecule has 0 radical (unpaired) electrons. The Morgan fingerprint density at radius 3 is 2.00 bits per heavy atom. The molecule has 6 aromatic rings. The molecule has 0 bridgehead atoms. The maximum Gasteiger partial charge on any atom is 0.226 e. The molecule has 5 heteroatoms. The number of aromatic amines is 1. The molecule has 152 valence electrons. The summed E-state index contributed by atoms with van der Waals surface area (Å²) in [6, 6.07) is 32.8. The Labute approximate surface area is 189 Å². The first-order valence-electron chi connectivity index (χ1n) is 10.3. The lowest BCUT2D eigenvalue weighted by atomic mass is 9.99. The minimum absolute atomic E-state index is 0.170. The van der Waals surface area contributed by atoms with Gasteiger partial charge in [0.2, 0.25) is 5.28 Å². The highest BCUT2D eigenvalue weighted by Crippen LogP contribution is 2.37. The summed E-state index contributed by atoms with van der Waals surface area (Å²) in [5, 5.41) is 2.45. The fraction of sp³-hybridized carbons (Fsp3) is 0. The van der Waals surface area contributed by atoms with E-state index < -0.39 is 0 Å². The SMILES string of the molecule is Clc1nc(-c2ccccc2)nc(-c2cc(-c3ccccc3)cc3c2[nH]c2ccccc23)n1. The largest absolute Gasteiger partial charge is 0.354 e. The molecule has 6 rings (SSSR count). The number of benzene rings is 4. The van der Waals surface area contributed by atoms with Crippen LogP contribution in [0.15, 0.2) is 97.1 Å². The topological polar surface area (TPSA) is 54.5 Å². The fourth-order valence-electron chi connectivity index (χ4n) is 4.11. The van der Waals surface area contributed by atoms with Gasteiger partial charge < -0.3 is 4.98 Å². The van der Waals surface area contributed by atoms with Crippen molar-refractivity contribution < 1.29 is 0 Å². The number of fused-ring (bicyclic) bond motifs is 3. The molecular formula is C27H17ClN4. The lowest BCUT2D eigenvalue weighted by molar-refractivity contribution is 1.07. The van der Waals surface area contributed by atoms with Crippen LogP contribution in [0.25, 0.3) is 55.7 Å². The molecule has 0 saturated carbocycles. The van der Waals surface area contributed by atoms with Crippen LogP contribution in [0.5, 0.6) is 0 Å². The van der Waals surface area contributed by atoms with Gasteiger partial charge in [0.05, 0.1) is 5.52 Å². The van der Waals surface area contributed by atoms with E-state index in [1.54, 1.807) is 0 Å². The molecular weight excluding hydrogens is 416 g/mol. The summed E-state index contributed by atoms with van der Waals surface area (Å²) in [5.41, 5.74) is 6.05. The van der Waals surface area contributed by atoms with Gasteiger partial charge in [-0.1, -0.05) is 78.9 Å². The molecule has 4 nitrogen and oxygen atoms in total. The van der Waals surface area contributed by atoms with Gasteiger partial charge in [-0.3, -0.25) is 0 Å². The van der Waals surface area contributed by atoms with Crippen LogP contribution >= 0.6 is 11.6 Å². The van der Waals surface area contributed by atoms with Crippen molar-refractivity contribution in [1.29, 1.82) is 0 Å². The predicted molar refractivity (Wildman–Crippen MR) is 131 cm³/mol. The molecule has 0 atom stereocenters. The van der Waals surface area contributed by atoms with Gasteiger partial charge in [-0.15, -0.1) is 0 Å². The first-order chi connectivity index (χ1) is 15.8. The second-order valence-corrected chi connectivity index (χ2v) is 7.94. The average Bonchev–Trinajstić information content (AvgIpc) is 3.23. The van der Waals surface area contributed by atoms with Gasteiger partial charge in [0.25, 0.3) is 0 Å². The number of nitrogens with zero attached hydrogens (tertiary/aromatic N) is 3. The third kappa shape index (κ3) is 3.22. The molecule has 0 aliphatic rings. The number of aromatic nitrogens is 4. The van der Waals surface area contributed by atoms with Crippen LogP contribution in [0, 0.1) is 0 Å². The van der Waals surface area contributed by atoms with Crippen molar-refractivity contribution in [2.75, 3.05) is 0 Å². The quantitative estimate of drug-likeness (QED) is 0.322. The second kappa shape index (κ2) is 7.59. The van der Waals surface area contributed by atoms with Crippen molar-refractivity contribution >= 4 is 33.4 Å². The van der Waals surface area contributed by atoms with Gasteiger partial charge in [-0.25, -0.2) is 4.98 Å². The smallest absolute Gasteiger partial charge is 0.226 e. The summed E-state index contributed by atoms with van der Waals surface area (Å²) < 4.78 is 0. The Morgan fingerprint density at radius 1 is 0.562 bits per heavy atom. The monoisotopic (exact) mass is 432 g/mol. The summed E-state index contributed by atoms with van der Waals surface area (Å²) in [6.07, 6.45) is 0. The van der Waals surface area contributed by atoms with Gasteiger partial charge in [0.1, 0.15) is 0 Å². The van der Waals surface area contributed by atoms with Crippen molar-refractivity contribution in [2.45, 2.75) is 0 Å². The Bertz CT molecular complexity index is 1570. The van der Waals surface area contributed by atoms with E-state index in [-0.39, 0.29) is 5.28 Å². The van der Waals surface area contributed by atoms with E-state index in [0.717, 1.165) is 44.1 Å². The van der Waals surface area contributed by atoms with Crippen LogP contribution in [-0.2, 0) is 0 Å². The van der Waals surface area contributed by atoms with E-state index in [0.29, 0.717) is 11.6 Å². The molecule has 0 aliphatic heterocycles. The maximum atomic E-state index is 6.36. The first-order valence-corrected chi connectivity index (χ1v) is 10.7. The van der Waals surface area contributed by atoms with E-state index in [9.17, 15) is 0 Å². The number of hydrogen-bond donors (Lipinski definition) is 1. The lowest BCUT2D eigenvalue weighted by Gasteiger charge is -2.09. The molecule has 0 saturated heterocycles. The summed E-state index contributed by atoms with van der Waals surface area (Å²) in [6.45, 7) is 0. The Balaban J connectivity index is 1.66. The summed E-state index contributed by atoms with van der Waals surface area (Å²) in [7, 11) is 0. The summed E-state index contributed by atoms with van der Waals surface area (Å²) in [5.74, 6) is 1.09. The van der Waals surface area contributed by atoms with Crippen LogP contribution in [-0.4, -0.2) is 19.9 Å². The van der Waals surface area contributed by atoms with Crippen molar-refractivity contribution in [3.05, 3.63) is 102 Å². The molecule has 4 aromatic carbocycles. The number of para-hydroxylation sites is 1. The molecule has 0 aliphatic carbocycles. The van der Waals surface area contributed by atoms with Crippen molar-refractivity contribution in [2.24, 2.45) is 0 Å². The standard InChI is InChI=1S/C27H17ClN4/c28-27-31-25(18-11-5-2-6-12-18)30-26(32-27)22-16-19(17-9-3-1-4-10-17)15-21-20-13-7-8-14-23(20)29-24(21)22/h1-16,29H. The molecule has 32 heavy (non-hydrogen) atoms. The lowest BCUT2D eigenvalue weighted by Crippen LogP contribution is -1.98. The van der Waals surface area contributed by atoms with E-state index in [2.05, 4.69) is 57.4 Å². The third-order valence-corrected chi connectivity index (χ3v) is 5.77. The average molecular weight is 433 g/mol. The molecule has 0 unspecified atom stereocenters. The molecule has 2 aromatic heterocycles. The van der Waals surface area contributed by atoms with E-state index >= 15 is 0 Å².